The molecule has 0 fully saturated rings. The molecule has 6 heteroatoms. The van der Waals surface area contributed by atoms with Crippen molar-refractivity contribution in [2.75, 3.05) is 18.5 Å². The van der Waals surface area contributed by atoms with E-state index in [1.165, 1.54) is 0 Å². The van der Waals surface area contributed by atoms with Crippen molar-refractivity contribution in [1.82, 2.24) is 0 Å². The van der Waals surface area contributed by atoms with Crippen molar-refractivity contribution < 1.29 is 23.9 Å². The SMILES string of the molecule is CCOc1ccc(OCC(=O)Nc2cccc3c2C(=O)c2ccccc2C3=O)cc1. The first-order valence-electron chi connectivity index (χ1n) is 9.55. The van der Waals surface area contributed by atoms with E-state index in [-0.39, 0.29) is 29.3 Å². The van der Waals surface area contributed by atoms with Gasteiger partial charge >= 0.3 is 0 Å². The van der Waals surface area contributed by atoms with E-state index in [2.05, 4.69) is 5.32 Å². The van der Waals surface area contributed by atoms with Crippen molar-refractivity contribution in [1.29, 1.82) is 0 Å². The molecule has 0 bridgehead atoms. The Morgan fingerprint density at radius 2 is 1.37 bits per heavy atom. The molecule has 0 heterocycles. The lowest BCUT2D eigenvalue weighted by atomic mass is 9.83. The molecule has 0 saturated carbocycles. The van der Waals surface area contributed by atoms with Gasteiger partial charge in [0.15, 0.2) is 18.2 Å². The second-order valence-electron chi connectivity index (χ2n) is 6.67. The van der Waals surface area contributed by atoms with Crippen LogP contribution in [-0.4, -0.2) is 30.7 Å². The van der Waals surface area contributed by atoms with Crippen LogP contribution in [0.1, 0.15) is 38.8 Å². The number of nitrogens with one attached hydrogen (secondary N) is 1. The lowest BCUT2D eigenvalue weighted by Crippen LogP contribution is -2.25. The van der Waals surface area contributed by atoms with Crippen molar-refractivity contribution >= 4 is 23.2 Å². The van der Waals surface area contributed by atoms with Crippen LogP contribution >= 0.6 is 0 Å². The van der Waals surface area contributed by atoms with Crippen LogP contribution in [0.2, 0.25) is 0 Å². The first-order valence-corrected chi connectivity index (χ1v) is 9.55. The monoisotopic (exact) mass is 401 g/mol. The van der Waals surface area contributed by atoms with E-state index in [0.717, 1.165) is 0 Å². The number of carbonyl (C=O) groups is 3. The summed E-state index contributed by atoms with van der Waals surface area (Å²) in [5.41, 5.74) is 1.49. The van der Waals surface area contributed by atoms with E-state index in [4.69, 9.17) is 9.47 Å². The van der Waals surface area contributed by atoms with Gasteiger partial charge in [0, 0.05) is 16.7 Å². The average Bonchev–Trinajstić information content (AvgIpc) is 2.77. The third-order valence-electron chi connectivity index (χ3n) is 4.73. The molecule has 1 amide bonds. The molecule has 6 nitrogen and oxygen atoms in total. The molecule has 30 heavy (non-hydrogen) atoms. The summed E-state index contributed by atoms with van der Waals surface area (Å²) < 4.78 is 10.9. The van der Waals surface area contributed by atoms with Crippen LogP contribution in [0.5, 0.6) is 11.5 Å². The van der Waals surface area contributed by atoms with E-state index in [9.17, 15) is 14.4 Å². The number of hydrogen-bond donors (Lipinski definition) is 1. The Bertz CT molecular complexity index is 1130. The number of ketones is 2. The lowest BCUT2D eigenvalue weighted by molar-refractivity contribution is -0.118. The molecule has 4 rings (SSSR count). The normalized spacial score (nSPS) is 12.0. The van der Waals surface area contributed by atoms with Crippen LogP contribution in [0.15, 0.2) is 66.7 Å². The number of rotatable bonds is 6. The molecule has 1 aliphatic carbocycles. The highest BCUT2D eigenvalue weighted by atomic mass is 16.5. The average molecular weight is 401 g/mol. The van der Waals surface area contributed by atoms with Gasteiger partial charge in [0.25, 0.3) is 5.91 Å². The fourth-order valence-electron chi connectivity index (χ4n) is 3.38. The maximum absolute atomic E-state index is 13.0. The lowest BCUT2D eigenvalue weighted by Gasteiger charge is -2.20. The predicted octanol–water partition coefficient (Wildman–Crippen LogP) is 3.88. The topological polar surface area (TPSA) is 81.7 Å². The Morgan fingerprint density at radius 1 is 0.767 bits per heavy atom. The molecule has 0 saturated heterocycles. The van der Waals surface area contributed by atoms with Crippen molar-refractivity contribution in [3.05, 3.63) is 89.0 Å². The molecule has 0 radical (unpaired) electrons. The minimum absolute atomic E-state index is 0.204. The van der Waals surface area contributed by atoms with E-state index in [1.807, 2.05) is 6.92 Å². The predicted molar refractivity (Wildman–Crippen MR) is 111 cm³/mol. The van der Waals surface area contributed by atoms with Crippen molar-refractivity contribution in [3.63, 3.8) is 0 Å². The van der Waals surface area contributed by atoms with Crippen molar-refractivity contribution in [2.45, 2.75) is 6.92 Å². The molecular weight excluding hydrogens is 382 g/mol. The van der Waals surface area contributed by atoms with Gasteiger partial charge in [0.1, 0.15) is 11.5 Å². The Morgan fingerprint density at radius 3 is 2.03 bits per heavy atom. The van der Waals surface area contributed by atoms with Crippen LogP contribution in [0.3, 0.4) is 0 Å². The van der Waals surface area contributed by atoms with Gasteiger partial charge < -0.3 is 14.8 Å². The zero-order chi connectivity index (χ0) is 21.1. The highest BCUT2D eigenvalue weighted by Gasteiger charge is 2.31. The Kier molecular flexibility index (Phi) is 5.30. The summed E-state index contributed by atoms with van der Waals surface area (Å²) in [6.45, 7) is 2.22. The number of benzene rings is 3. The first-order chi connectivity index (χ1) is 14.6. The van der Waals surface area contributed by atoms with Gasteiger partial charge in [-0.2, -0.15) is 0 Å². The molecule has 0 aromatic heterocycles. The van der Waals surface area contributed by atoms with Crippen LogP contribution in [0.25, 0.3) is 0 Å². The van der Waals surface area contributed by atoms with Gasteiger partial charge in [-0.1, -0.05) is 36.4 Å². The number of carbonyl (C=O) groups excluding carboxylic acids is 3. The van der Waals surface area contributed by atoms with E-state index in [0.29, 0.717) is 34.9 Å². The fourth-order valence-corrected chi connectivity index (χ4v) is 3.38. The summed E-state index contributed by atoms with van der Waals surface area (Å²) in [6, 6.07) is 18.5. The fraction of sp³-hybridized carbons (Fsp3) is 0.125. The van der Waals surface area contributed by atoms with Gasteiger partial charge in [-0.25, -0.2) is 0 Å². The molecule has 150 valence electrons. The van der Waals surface area contributed by atoms with E-state index in [1.54, 1.807) is 66.7 Å². The zero-order valence-electron chi connectivity index (χ0n) is 16.3. The molecular formula is C24H19NO5. The smallest absolute Gasteiger partial charge is 0.262 e. The molecule has 3 aromatic carbocycles. The number of amides is 1. The highest BCUT2D eigenvalue weighted by Crippen LogP contribution is 2.31. The van der Waals surface area contributed by atoms with E-state index < -0.39 is 5.91 Å². The maximum atomic E-state index is 13.0. The number of ether oxygens (including phenoxy) is 2. The summed E-state index contributed by atoms with van der Waals surface area (Å²) in [4.78, 5) is 38.2. The minimum atomic E-state index is -0.434. The van der Waals surface area contributed by atoms with Crippen LogP contribution in [-0.2, 0) is 4.79 Å². The van der Waals surface area contributed by atoms with Gasteiger partial charge in [-0.05, 0) is 37.3 Å². The van der Waals surface area contributed by atoms with Crippen LogP contribution < -0.4 is 14.8 Å². The van der Waals surface area contributed by atoms with Gasteiger partial charge in [-0.3, -0.25) is 14.4 Å². The number of hydrogen-bond acceptors (Lipinski definition) is 5. The van der Waals surface area contributed by atoms with Gasteiger partial charge in [0.2, 0.25) is 0 Å². The quantitative estimate of drug-likeness (QED) is 0.530. The molecule has 0 aliphatic heterocycles. The molecule has 3 aromatic rings. The second kappa shape index (κ2) is 8.21. The molecule has 0 spiro atoms. The van der Waals surface area contributed by atoms with Gasteiger partial charge in [-0.15, -0.1) is 0 Å². The standard InChI is InChI=1S/C24H19NO5/c1-2-29-15-10-12-16(13-11-15)30-14-21(26)25-20-9-5-8-19-22(20)24(28)18-7-4-3-6-17(18)23(19)27/h3-13H,2,14H2,1H3,(H,25,26). The van der Waals surface area contributed by atoms with Crippen LogP contribution in [0.4, 0.5) is 5.69 Å². The Labute approximate surface area is 173 Å². The molecule has 0 atom stereocenters. The molecule has 1 aliphatic rings. The summed E-state index contributed by atoms with van der Waals surface area (Å²) in [7, 11) is 0. The van der Waals surface area contributed by atoms with Gasteiger partial charge in [0.05, 0.1) is 17.9 Å². The van der Waals surface area contributed by atoms with Crippen LogP contribution in [0, 0.1) is 0 Å². The third-order valence-corrected chi connectivity index (χ3v) is 4.73. The van der Waals surface area contributed by atoms with Crippen molar-refractivity contribution in [2.24, 2.45) is 0 Å². The summed E-state index contributed by atoms with van der Waals surface area (Å²) in [5, 5.41) is 2.69. The maximum Gasteiger partial charge on any atom is 0.262 e. The molecule has 0 unspecified atom stereocenters. The Balaban J connectivity index is 1.50. The first kappa shape index (κ1) is 19.4. The van der Waals surface area contributed by atoms with E-state index >= 15 is 0 Å². The Hall–Kier alpha value is -3.93. The second-order valence-corrected chi connectivity index (χ2v) is 6.67. The minimum Gasteiger partial charge on any atom is -0.494 e. The largest absolute Gasteiger partial charge is 0.494 e. The van der Waals surface area contributed by atoms with Crippen molar-refractivity contribution in [3.8, 4) is 11.5 Å². The summed E-state index contributed by atoms with van der Waals surface area (Å²) >= 11 is 0. The summed E-state index contributed by atoms with van der Waals surface area (Å²) in [6.07, 6.45) is 0. The number of fused-ring (bicyclic) bond motifs is 2. The zero-order valence-corrected chi connectivity index (χ0v) is 16.3. The molecule has 1 N–H and O–H groups in total. The third kappa shape index (κ3) is 3.67. The number of anilines is 1. The summed E-state index contributed by atoms with van der Waals surface area (Å²) in [5.74, 6) is 0.277. The highest BCUT2D eigenvalue weighted by molar-refractivity contribution is 6.30.